The lowest BCUT2D eigenvalue weighted by Crippen LogP contribution is -2.61. The summed E-state index contributed by atoms with van der Waals surface area (Å²) in [7, 11) is 1.77. The van der Waals surface area contributed by atoms with Crippen LogP contribution in [0.25, 0.3) is 0 Å². The third kappa shape index (κ3) is 3.89. The van der Waals surface area contributed by atoms with Crippen molar-refractivity contribution in [3.05, 3.63) is 47.0 Å². The molecule has 0 spiro atoms. The lowest BCUT2D eigenvalue weighted by Gasteiger charge is -2.60. The first kappa shape index (κ1) is 24.4. The highest BCUT2D eigenvalue weighted by Gasteiger charge is 2.59. The average Bonchev–Trinajstić information content (AvgIpc) is 3.21. The Labute approximate surface area is 205 Å². The highest BCUT2D eigenvalue weighted by Crippen LogP contribution is 2.64. The molecule has 1 N–H and O–H groups in total. The van der Waals surface area contributed by atoms with Gasteiger partial charge in [-0.15, -0.1) is 0 Å². The van der Waals surface area contributed by atoms with Crippen molar-refractivity contribution >= 4 is 11.8 Å². The summed E-state index contributed by atoms with van der Waals surface area (Å²) in [4.78, 5) is 28.1. The molecular weight excluding hydrogens is 453 g/mol. The van der Waals surface area contributed by atoms with Gasteiger partial charge in [0, 0.05) is 25.0 Å². The van der Waals surface area contributed by atoms with Crippen LogP contribution in [0.2, 0.25) is 0 Å². The Bertz CT molecular complexity index is 1070. The first-order valence-corrected chi connectivity index (χ1v) is 12.9. The monoisotopic (exact) mass is 488 g/mol. The van der Waals surface area contributed by atoms with Crippen LogP contribution in [0.5, 0.6) is 0 Å². The molecule has 35 heavy (non-hydrogen) atoms. The van der Waals surface area contributed by atoms with Crippen LogP contribution in [0.3, 0.4) is 0 Å². The number of nitrogens with zero attached hydrogens (tertiary/aromatic N) is 1. The zero-order chi connectivity index (χ0) is 25.2. The van der Waals surface area contributed by atoms with Crippen molar-refractivity contribution in [2.75, 3.05) is 7.05 Å². The van der Waals surface area contributed by atoms with E-state index >= 15 is 0 Å². The molecule has 4 aliphatic rings. The summed E-state index contributed by atoms with van der Waals surface area (Å²) in [6, 6.07) is 5.26. The first-order chi connectivity index (χ1) is 16.5. The van der Waals surface area contributed by atoms with Gasteiger partial charge in [-0.25, -0.2) is 0 Å². The Morgan fingerprint density at radius 3 is 2.57 bits per heavy atom. The van der Waals surface area contributed by atoms with Crippen molar-refractivity contribution in [2.45, 2.75) is 77.6 Å². The van der Waals surface area contributed by atoms with Gasteiger partial charge in [-0.1, -0.05) is 44.5 Å². The maximum absolute atomic E-state index is 13.4. The van der Waals surface area contributed by atoms with Crippen molar-refractivity contribution in [2.24, 2.45) is 28.6 Å². The molecule has 0 bridgehead atoms. The van der Waals surface area contributed by atoms with Crippen LogP contribution in [-0.2, 0) is 22.3 Å². The number of likely N-dealkylation sites (N-methyl/N-ethyl adjacent to an activating group) is 1. The second-order valence-corrected chi connectivity index (χ2v) is 11.7. The van der Waals surface area contributed by atoms with Crippen LogP contribution >= 0.6 is 0 Å². The normalized spacial score (nSPS) is 36.7. The van der Waals surface area contributed by atoms with E-state index in [1.807, 2.05) is 6.08 Å². The fourth-order valence-electron chi connectivity index (χ4n) is 8.27. The number of amides is 2. The summed E-state index contributed by atoms with van der Waals surface area (Å²) in [5.41, 5.74) is -0.621. The lowest BCUT2D eigenvalue weighted by atomic mass is 9.48. The van der Waals surface area contributed by atoms with Gasteiger partial charge in [0.05, 0.1) is 5.56 Å². The summed E-state index contributed by atoms with van der Waals surface area (Å²) in [5, 5.41) is 2.61. The molecule has 1 unspecified atom stereocenters. The molecule has 190 valence electrons. The number of fused-ring (bicyclic) bond motifs is 5. The summed E-state index contributed by atoms with van der Waals surface area (Å²) >= 11 is 0. The van der Waals surface area contributed by atoms with Gasteiger partial charge in [0.15, 0.2) is 0 Å². The minimum atomic E-state index is -4.50. The standard InChI is InChI=1S/C28H35F3N2O2/c1-26-13-6-9-21(26)18-10-11-23-27(2,22(18)12-14-26)15-19(25(35)33(23)3)24(34)32-16-17-7-4-5-8-20(17)28(29,30)31/h4-5,7-8,15,18,21-23H,6,9-14,16H2,1-3H3,(H,32,34)/t18-,21-,22+,23?,26-,27+/m0/s1. The number of carbonyl (C=O) groups is 2. The minimum absolute atomic E-state index is 0.0137. The Morgan fingerprint density at radius 1 is 1.09 bits per heavy atom. The Hall–Kier alpha value is -2.31. The van der Waals surface area contributed by atoms with Crippen LogP contribution in [0.1, 0.15) is 69.9 Å². The molecule has 0 saturated heterocycles. The largest absolute Gasteiger partial charge is 0.416 e. The van der Waals surface area contributed by atoms with Gasteiger partial charge < -0.3 is 10.2 Å². The van der Waals surface area contributed by atoms with E-state index in [9.17, 15) is 22.8 Å². The first-order valence-electron chi connectivity index (χ1n) is 12.9. The van der Waals surface area contributed by atoms with E-state index in [1.165, 1.54) is 43.9 Å². The minimum Gasteiger partial charge on any atom is -0.348 e. The summed E-state index contributed by atoms with van der Waals surface area (Å²) in [5.74, 6) is 0.766. The third-order valence-electron chi connectivity index (χ3n) is 9.99. The van der Waals surface area contributed by atoms with Gasteiger partial charge in [0.1, 0.15) is 5.57 Å². The molecule has 7 heteroatoms. The molecule has 1 heterocycles. The fraction of sp³-hybridized carbons (Fsp3) is 0.643. The average molecular weight is 489 g/mol. The van der Waals surface area contributed by atoms with Gasteiger partial charge in [-0.2, -0.15) is 13.2 Å². The molecule has 1 aromatic rings. The highest BCUT2D eigenvalue weighted by molar-refractivity contribution is 6.19. The zero-order valence-electron chi connectivity index (χ0n) is 20.8. The number of benzene rings is 1. The molecule has 3 fully saturated rings. The molecular formula is C28H35F3N2O2. The number of alkyl halides is 3. The quantitative estimate of drug-likeness (QED) is 0.553. The van der Waals surface area contributed by atoms with Crippen molar-refractivity contribution in [1.82, 2.24) is 10.2 Å². The fourth-order valence-corrected chi connectivity index (χ4v) is 8.27. The molecule has 2 amide bonds. The van der Waals surface area contributed by atoms with Gasteiger partial charge in [0.2, 0.25) is 0 Å². The Morgan fingerprint density at radius 2 is 1.83 bits per heavy atom. The maximum Gasteiger partial charge on any atom is 0.416 e. The molecule has 6 atom stereocenters. The van der Waals surface area contributed by atoms with E-state index in [1.54, 1.807) is 11.9 Å². The Balaban J connectivity index is 1.41. The molecule has 5 rings (SSSR count). The van der Waals surface area contributed by atoms with E-state index in [4.69, 9.17) is 0 Å². The van der Waals surface area contributed by atoms with Crippen LogP contribution in [0.4, 0.5) is 13.2 Å². The van der Waals surface area contributed by atoms with Crippen LogP contribution in [0, 0.1) is 28.6 Å². The molecule has 3 aliphatic carbocycles. The second-order valence-electron chi connectivity index (χ2n) is 11.7. The zero-order valence-corrected chi connectivity index (χ0v) is 20.8. The van der Waals surface area contributed by atoms with Crippen LogP contribution in [0.15, 0.2) is 35.9 Å². The number of rotatable bonds is 3. The molecule has 1 aromatic carbocycles. The highest BCUT2D eigenvalue weighted by atomic mass is 19.4. The third-order valence-corrected chi connectivity index (χ3v) is 9.99. The van der Waals surface area contributed by atoms with Gasteiger partial charge >= 0.3 is 6.18 Å². The molecule has 3 saturated carbocycles. The number of hydrogen-bond donors (Lipinski definition) is 1. The van der Waals surface area contributed by atoms with Crippen LogP contribution < -0.4 is 5.32 Å². The number of carbonyl (C=O) groups excluding carboxylic acids is 2. The molecule has 0 radical (unpaired) electrons. The van der Waals surface area contributed by atoms with Crippen molar-refractivity contribution in [1.29, 1.82) is 0 Å². The predicted molar refractivity (Wildman–Crippen MR) is 127 cm³/mol. The Kier molecular flexibility index (Phi) is 5.84. The van der Waals surface area contributed by atoms with E-state index in [-0.39, 0.29) is 35.0 Å². The lowest BCUT2D eigenvalue weighted by molar-refractivity contribution is -0.142. The van der Waals surface area contributed by atoms with Crippen molar-refractivity contribution in [3.63, 3.8) is 0 Å². The second kappa shape index (κ2) is 8.38. The maximum atomic E-state index is 13.4. The van der Waals surface area contributed by atoms with E-state index < -0.39 is 17.6 Å². The van der Waals surface area contributed by atoms with Gasteiger partial charge in [-0.3, -0.25) is 9.59 Å². The topological polar surface area (TPSA) is 49.4 Å². The van der Waals surface area contributed by atoms with E-state index in [0.29, 0.717) is 23.2 Å². The molecule has 0 aromatic heterocycles. The van der Waals surface area contributed by atoms with E-state index in [0.717, 1.165) is 25.3 Å². The summed E-state index contributed by atoms with van der Waals surface area (Å²) < 4.78 is 40.1. The van der Waals surface area contributed by atoms with Crippen molar-refractivity contribution < 1.29 is 22.8 Å². The van der Waals surface area contributed by atoms with Gasteiger partial charge in [0.25, 0.3) is 11.8 Å². The summed E-state index contributed by atoms with van der Waals surface area (Å²) in [6.07, 6.45) is 5.55. The SMILES string of the molecule is CN1C(=O)C(C(=O)NCc2ccccc2C(F)(F)F)=C[C@@]2(C)C1CC[C@@H]1[C@H]2CC[C@]2(C)CCC[C@@H]12. The van der Waals surface area contributed by atoms with E-state index in [2.05, 4.69) is 19.2 Å². The summed E-state index contributed by atoms with van der Waals surface area (Å²) in [6.45, 7) is 4.36. The predicted octanol–water partition coefficient (Wildman–Crippen LogP) is 5.72. The molecule has 4 nitrogen and oxygen atoms in total. The smallest absolute Gasteiger partial charge is 0.348 e. The number of nitrogens with one attached hydrogen (secondary N) is 1. The number of hydrogen-bond acceptors (Lipinski definition) is 2. The number of halogens is 3. The van der Waals surface area contributed by atoms with Gasteiger partial charge in [-0.05, 0) is 73.3 Å². The van der Waals surface area contributed by atoms with Crippen LogP contribution in [-0.4, -0.2) is 29.8 Å². The van der Waals surface area contributed by atoms with Crippen molar-refractivity contribution in [3.8, 4) is 0 Å². The molecule has 1 aliphatic heterocycles.